The van der Waals surface area contributed by atoms with Crippen molar-refractivity contribution in [2.45, 2.75) is 4.90 Å². The fraction of sp³-hybridized carbons (Fsp3) is 0.143. The van der Waals surface area contributed by atoms with Gasteiger partial charge in [0.15, 0.2) is 0 Å². The van der Waals surface area contributed by atoms with Crippen LogP contribution in [0.25, 0.3) is 0 Å². The molecule has 1 rings (SSSR count). The van der Waals surface area contributed by atoms with Gasteiger partial charge in [-0.3, -0.25) is 10.1 Å². The van der Waals surface area contributed by atoms with E-state index in [9.17, 15) is 14.5 Å². The first-order chi connectivity index (χ1) is 5.65. The number of halogens is 1. The Morgan fingerprint density at radius 3 is 2.75 bits per heavy atom. The summed E-state index contributed by atoms with van der Waals surface area (Å²) in [5.41, 5.74) is -0.471. The fourth-order valence-corrected chi connectivity index (χ4v) is 1.19. The van der Waals surface area contributed by atoms with Crippen LogP contribution in [0.1, 0.15) is 0 Å². The molecule has 0 saturated heterocycles. The molecule has 0 amide bonds. The second-order valence-corrected chi connectivity index (χ2v) is 2.95. The maximum atomic E-state index is 12.7. The van der Waals surface area contributed by atoms with Gasteiger partial charge in [-0.2, -0.15) is 4.39 Å². The van der Waals surface area contributed by atoms with Gasteiger partial charge >= 0.3 is 5.69 Å². The van der Waals surface area contributed by atoms with Crippen molar-refractivity contribution in [2.24, 2.45) is 0 Å². The first kappa shape index (κ1) is 8.99. The zero-order valence-corrected chi connectivity index (χ0v) is 7.10. The summed E-state index contributed by atoms with van der Waals surface area (Å²) in [6, 6.07) is 3.83. The van der Waals surface area contributed by atoms with Gasteiger partial charge in [0.25, 0.3) is 0 Å². The molecule has 64 valence electrons. The molecule has 0 heterocycles. The lowest BCUT2D eigenvalue weighted by molar-refractivity contribution is -0.387. The van der Waals surface area contributed by atoms with Crippen molar-refractivity contribution in [3.05, 3.63) is 34.1 Å². The van der Waals surface area contributed by atoms with Crippen molar-refractivity contribution >= 4 is 17.4 Å². The molecule has 12 heavy (non-hydrogen) atoms. The number of nitro benzene ring substituents is 1. The lowest BCUT2D eigenvalue weighted by Gasteiger charge is -1.96. The summed E-state index contributed by atoms with van der Waals surface area (Å²) >= 11 is 1.34. The SMILES string of the molecule is CSc1ccc(F)c([N+](=O)[O-])c1. The zero-order chi connectivity index (χ0) is 9.14. The van der Waals surface area contributed by atoms with Crippen molar-refractivity contribution in [3.8, 4) is 0 Å². The summed E-state index contributed by atoms with van der Waals surface area (Å²) in [5, 5.41) is 10.2. The van der Waals surface area contributed by atoms with Crippen LogP contribution in [0.5, 0.6) is 0 Å². The van der Waals surface area contributed by atoms with Crippen LogP contribution in [-0.2, 0) is 0 Å². The van der Waals surface area contributed by atoms with Crippen LogP contribution in [0.3, 0.4) is 0 Å². The Morgan fingerprint density at radius 1 is 1.58 bits per heavy atom. The summed E-state index contributed by atoms with van der Waals surface area (Å²) in [7, 11) is 0. The standard InChI is InChI=1S/C7H6FNO2S/c1-12-5-2-3-6(8)7(4-5)9(10)11/h2-4H,1H3. The van der Waals surface area contributed by atoms with Crippen molar-refractivity contribution in [1.29, 1.82) is 0 Å². The third-order valence-electron chi connectivity index (χ3n) is 1.35. The molecule has 3 nitrogen and oxygen atoms in total. The molecule has 0 atom stereocenters. The molecule has 0 N–H and O–H groups in total. The molecule has 0 spiro atoms. The predicted molar refractivity (Wildman–Crippen MR) is 44.8 cm³/mol. The van der Waals surface area contributed by atoms with Crippen LogP contribution in [0.4, 0.5) is 10.1 Å². The number of rotatable bonds is 2. The highest BCUT2D eigenvalue weighted by Gasteiger charge is 2.13. The summed E-state index contributed by atoms with van der Waals surface area (Å²) in [6.07, 6.45) is 1.77. The van der Waals surface area contributed by atoms with Gasteiger partial charge in [-0.15, -0.1) is 11.8 Å². The van der Waals surface area contributed by atoms with Crippen LogP contribution in [-0.4, -0.2) is 11.2 Å². The monoisotopic (exact) mass is 187 g/mol. The second kappa shape index (κ2) is 3.53. The molecule has 0 aromatic heterocycles. The van der Waals surface area contributed by atoms with E-state index in [0.29, 0.717) is 4.90 Å². The van der Waals surface area contributed by atoms with Gasteiger partial charge in [0.1, 0.15) is 0 Å². The number of hydrogen-bond donors (Lipinski definition) is 0. The first-order valence-electron chi connectivity index (χ1n) is 3.13. The molecule has 0 radical (unpaired) electrons. The molecule has 1 aromatic rings. The van der Waals surface area contributed by atoms with Gasteiger partial charge in [0.05, 0.1) is 4.92 Å². The van der Waals surface area contributed by atoms with Crippen molar-refractivity contribution in [2.75, 3.05) is 6.26 Å². The van der Waals surface area contributed by atoms with Crippen molar-refractivity contribution < 1.29 is 9.31 Å². The largest absolute Gasteiger partial charge is 0.305 e. The van der Waals surface area contributed by atoms with Crippen LogP contribution in [0, 0.1) is 15.9 Å². The van der Waals surface area contributed by atoms with E-state index in [0.717, 1.165) is 6.07 Å². The van der Waals surface area contributed by atoms with E-state index >= 15 is 0 Å². The van der Waals surface area contributed by atoms with E-state index in [1.54, 1.807) is 6.26 Å². The van der Waals surface area contributed by atoms with Gasteiger partial charge in [0.2, 0.25) is 5.82 Å². The first-order valence-corrected chi connectivity index (χ1v) is 4.35. The van der Waals surface area contributed by atoms with Gasteiger partial charge in [0, 0.05) is 11.0 Å². The van der Waals surface area contributed by atoms with E-state index in [-0.39, 0.29) is 0 Å². The van der Waals surface area contributed by atoms with Gasteiger partial charge in [-0.05, 0) is 18.4 Å². The molecule has 0 saturated carbocycles. The van der Waals surface area contributed by atoms with Crippen LogP contribution < -0.4 is 0 Å². The summed E-state index contributed by atoms with van der Waals surface area (Å²) in [4.78, 5) is 10.2. The predicted octanol–water partition coefficient (Wildman–Crippen LogP) is 2.46. The van der Waals surface area contributed by atoms with E-state index in [4.69, 9.17) is 0 Å². The Hall–Kier alpha value is -1.10. The van der Waals surface area contributed by atoms with E-state index in [2.05, 4.69) is 0 Å². The number of thioether (sulfide) groups is 1. The molecule has 5 heteroatoms. The third kappa shape index (κ3) is 1.73. The topological polar surface area (TPSA) is 43.1 Å². The third-order valence-corrected chi connectivity index (χ3v) is 2.08. The summed E-state index contributed by atoms with van der Waals surface area (Å²) in [5.74, 6) is -0.794. The van der Waals surface area contributed by atoms with Crippen LogP contribution >= 0.6 is 11.8 Å². The smallest absolute Gasteiger partial charge is 0.258 e. The minimum absolute atomic E-state index is 0.471. The van der Waals surface area contributed by atoms with Crippen LogP contribution in [0.2, 0.25) is 0 Å². The number of nitro groups is 1. The minimum atomic E-state index is -0.794. The average Bonchev–Trinajstić information content (AvgIpc) is 2.05. The molecule has 0 unspecified atom stereocenters. The highest BCUT2D eigenvalue weighted by Crippen LogP contribution is 2.23. The average molecular weight is 187 g/mol. The lowest BCUT2D eigenvalue weighted by atomic mass is 10.3. The van der Waals surface area contributed by atoms with Crippen LogP contribution in [0.15, 0.2) is 23.1 Å². The fourth-order valence-electron chi connectivity index (χ4n) is 0.759. The van der Waals surface area contributed by atoms with Crippen molar-refractivity contribution in [1.82, 2.24) is 0 Å². The Labute approximate surface area is 72.7 Å². The van der Waals surface area contributed by atoms with Gasteiger partial charge in [-0.1, -0.05) is 0 Å². The Balaban J connectivity index is 3.17. The maximum Gasteiger partial charge on any atom is 0.305 e. The molecule has 0 bridgehead atoms. The van der Waals surface area contributed by atoms with Gasteiger partial charge in [-0.25, -0.2) is 0 Å². The van der Waals surface area contributed by atoms with Crippen molar-refractivity contribution in [3.63, 3.8) is 0 Å². The maximum absolute atomic E-state index is 12.7. The Kier molecular flexibility index (Phi) is 2.65. The van der Waals surface area contributed by atoms with E-state index in [1.807, 2.05) is 0 Å². The molecule has 0 fully saturated rings. The molecule has 0 aliphatic rings. The lowest BCUT2D eigenvalue weighted by Crippen LogP contribution is -1.91. The summed E-state index contributed by atoms with van der Waals surface area (Å²) in [6.45, 7) is 0. The zero-order valence-electron chi connectivity index (χ0n) is 6.28. The Bertz CT molecular complexity index is 316. The Morgan fingerprint density at radius 2 is 2.25 bits per heavy atom. The number of nitrogens with zero attached hydrogens (tertiary/aromatic N) is 1. The minimum Gasteiger partial charge on any atom is -0.258 e. The van der Waals surface area contributed by atoms with Gasteiger partial charge < -0.3 is 0 Å². The number of hydrogen-bond acceptors (Lipinski definition) is 3. The second-order valence-electron chi connectivity index (χ2n) is 2.07. The van der Waals surface area contributed by atoms with E-state index in [1.165, 1.54) is 23.9 Å². The molecular weight excluding hydrogens is 181 g/mol. The highest BCUT2D eigenvalue weighted by atomic mass is 32.2. The molecule has 0 aliphatic heterocycles. The normalized spacial score (nSPS) is 9.83. The molecule has 0 aliphatic carbocycles. The highest BCUT2D eigenvalue weighted by molar-refractivity contribution is 7.98. The quantitative estimate of drug-likeness (QED) is 0.405. The number of benzene rings is 1. The van der Waals surface area contributed by atoms with E-state index < -0.39 is 16.4 Å². The molecular formula is C7H6FNO2S. The molecule has 1 aromatic carbocycles. The summed E-state index contributed by atoms with van der Waals surface area (Å²) < 4.78 is 12.7.